The second kappa shape index (κ2) is 5.70. The molecule has 1 aliphatic rings. The SMILES string of the molecule is Brc1ccc(-c2ccnc(N3CCCCC3)n2)cc1. The van der Waals surface area contributed by atoms with Crippen LogP contribution in [0.15, 0.2) is 41.0 Å². The maximum Gasteiger partial charge on any atom is 0.225 e. The van der Waals surface area contributed by atoms with E-state index in [4.69, 9.17) is 4.98 Å². The lowest BCUT2D eigenvalue weighted by atomic mass is 10.1. The van der Waals surface area contributed by atoms with E-state index in [0.29, 0.717) is 0 Å². The average Bonchev–Trinajstić information content (AvgIpc) is 2.49. The summed E-state index contributed by atoms with van der Waals surface area (Å²) in [4.78, 5) is 11.4. The number of rotatable bonds is 2. The van der Waals surface area contributed by atoms with Crippen molar-refractivity contribution in [1.29, 1.82) is 0 Å². The number of hydrogen-bond acceptors (Lipinski definition) is 3. The van der Waals surface area contributed by atoms with Gasteiger partial charge in [0.05, 0.1) is 5.69 Å². The number of halogens is 1. The molecule has 0 N–H and O–H groups in total. The molecule has 1 aliphatic heterocycles. The maximum absolute atomic E-state index is 4.70. The molecule has 19 heavy (non-hydrogen) atoms. The fourth-order valence-corrected chi connectivity index (χ4v) is 2.64. The van der Waals surface area contributed by atoms with E-state index in [9.17, 15) is 0 Å². The smallest absolute Gasteiger partial charge is 0.225 e. The van der Waals surface area contributed by atoms with Gasteiger partial charge < -0.3 is 4.90 Å². The van der Waals surface area contributed by atoms with Crippen LogP contribution in [0.4, 0.5) is 5.95 Å². The summed E-state index contributed by atoms with van der Waals surface area (Å²) in [6, 6.07) is 10.2. The van der Waals surface area contributed by atoms with Crippen molar-refractivity contribution in [2.24, 2.45) is 0 Å². The summed E-state index contributed by atoms with van der Waals surface area (Å²) in [5, 5.41) is 0. The number of hydrogen-bond donors (Lipinski definition) is 0. The van der Waals surface area contributed by atoms with E-state index in [-0.39, 0.29) is 0 Å². The Morgan fingerprint density at radius 2 is 1.68 bits per heavy atom. The van der Waals surface area contributed by atoms with Gasteiger partial charge in [-0.3, -0.25) is 0 Å². The Hall–Kier alpha value is -1.42. The fraction of sp³-hybridized carbons (Fsp3) is 0.333. The Morgan fingerprint density at radius 1 is 0.947 bits per heavy atom. The molecule has 3 nitrogen and oxygen atoms in total. The third-order valence-corrected chi connectivity index (χ3v) is 3.95. The molecular weight excluding hydrogens is 302 g/mol. The normalized spacial score (nSPS) is 15.5. The first-order valence-corrected chi connectivity index (χ1v) is 7.46. The van der Waals surface area contributed by atoms with Crippen LogP contribution in [0.3, 0.4) is 0 Å². The molecule has 0 spiro atoms. The van der Waals surface area contributed by atoms with Crippen LogP contribution >= 0.6 is 15.9 Å². The lowest BCUT2D eigenvalue weighted by Gasteiger charge is -2.26. The van der Waals surface area contributed by atoms with Gasteiger partial charge in [-0.15, -0.1) is 0 Å². The van der Waals surface area contributed by atoms with Gasteiger partial charge in [0.15, 0.2) is 0 Å². The van der Waals surface area contributed by atoms with Crippen LogP contribution in [0, 0.1) is 0 Å². The summed E-state index contributed by atoms with van der Waals surface area (Å²) in [6.07, 6.45) is 5.66. The van der Waals surface area contributed by atoms with Gasteiger partial charge in [-0.1, -0.05) is 28.1 Å². The lowest BCUT2D eigenvalue weighted by molar-refractivity contribution is 0.568. The van der Waals surface area contributed by atoms with Crippen molar-refractivity contribution < 1.29 is 0 Å². The molecule has 3 rings (SSSR count). The summed E-state index contributed by atoms with van der Waals surface area (Å²) in [5.74, 6) is 0.861. The zero-order valence-electron chi connectivity index (χ0n) is 10.7. The van der Waals surface area contributed by atoms with E-state index in [1.807, 2.05) is 24.4 Å². The van der Waals surface area contributed by atoms with Gasteiger partial charge in [-0.2, -0.15) is 0 Å². The zero-order chi connectivity index (χ0) is 13.1. The zero-order valence-corrected chi connectivity index (χ0v) is 12.3. The van der Waals surface area contributed by atoms with E-state index in [2.05, 4.69) is 37.9 Å². The topological polar surface area (TPSA) is 29.0 Å². The van der Waals surface area contributed by atoms with Crippen molar-refractivity contribution >= 4 is 21.9 Å². The molecule has 1 aromatic heterocycles. The number of nitrogens with zero attached hydrogens (tertiary/aromatic N) is 3. The van der Waals surface area contributed by atoms with E-state index in [1.165, 1.54) is 19.3 Å². The standard InChI is InChI=1S/C15H16BrN3/c16-13-6-4-12(5-7-13)14-8-9-17-15(18-14)19-10-2-1-3-11-19/h4-9H,1-3,10-11H2. The van der Waals surface area contributed by atoms with Gasteiger partial charge in [0.1, 0.15) is 0 Å². The maximum atomic E-state index is 4.70. The molecule has 0 bridgehead atoms. The number of benzene rings is 1. The molecule has 98 valence electrons. The van der Waals surface area contributed by atoms with Crippen molar-refractivity contribution in [2.45, 2.75) is 19.3 Å². The summed E-state index contributed by atoms with van der Waals surface area (Å²) in [7, 11) is 0. The second-order valence-corrected chi connectivity index (χ2v) is 5.71. The number of anilines is 1. The predicted octanol–water partition coefficient (Wildman–Crippen LogP) is 3.90. The molecule has 1 aromatic carbocycles. The molecule has 0 atom stereocenters. The Morgan fingerprint density at radius 3 is 2.42 bits per heavy atom. The Balaban J connectivity index is 1.88. The van der Waals surface area contributed by atoms with Crippen molar-refractivity contribution in [1.82, 2.24) is 9.97 Å². The highest BCUT2D eigenvalue weighted by atomic mass is 79.9. The van der Waals surface area contributed by atoms with Gasteiger partial charge in [0.25, 0.3) is 0 Å². The van der Waals surface area contributed by atoms with Crippen LogP contribution in [-0.4, -0.2) is 23.1 Å². The minimum absolute atomic E-state index is 0.861. The molecule has 0 unspecified atom stereocenters. The van der Waals surface area contributed by atoms with Gasteiger partial charge in [0.2, 0.25) is 5.95 Å². The largest absolute Gasteiger partial charge is 0.341 e. The van der Waals surface area contributed by atoms with Gasteiger partial charge in [-0.05, 0) is 37.5 Å². The van der Waals surface area contributed by atoms with Gasteiger partial charge in [-0.25, -0.2) is 9.97 Å². The van der Waals surface area contributed by atoms with Crippen LogP contribution in [0.5, 0.6) is 0 Å². The van der Waals surface area contributed by atoms with Crippen LogP contribution < -0.4 is 4.90 Å². The Labute approximate surface area is 121 Å². The third-order valence-electron chi connectivity index (χ3n) is 3.42. The minimum Gasteiger partial charge on any atom is -0.341 e. The molecule has 4 heteroatoms. The van der Waals surface area contributed by atoms with E-state index in [0.717, 1.165) is 34.8 Å². The third kappa shape index (κ3) is 2.95. The van der Waals surface area contributed by atoms with Gasteiger partial charge in [0, 0.05) is 29.3 Å². The summed E-state index contributed by atoms with van der Waals surface area (Å²) >= 11 is 3.45. The molecular formula is C15H16BrN3. The molecule has 1 fully saturated rings. The van der Waals surface area contributed by atoms with Crippen LogP contribution in [-0.2, 0) is 0 Å². The fourth-order valence-electron chi connectivity index (χ4n) is 2.38. The van der Waals surface area contributed by atoms with Crippen molar-refractivity contribution in [3.05, 3.63) is 41.0 Å². The molecule has 0 amide bonds. The highest BCUT2D eigenvalue weighted by Crippen LogP contribution is 2.22. The van der Waals surface area contributed by atoms with E-state index in [1.54, 1.807) is 0 Å². The monoisotopic (exact) mass is 317 g/mol. The highest BCUT2D eigenvalue weighted by molar-refractivity contribution is 9.10. The van der Waals surface area contributed by atoms with E-state index >= 15 is 0 Å². The summed E-state index contributed by atoms with van der Waals surface area (Å²) in [5.41, 5.74) is 2.12. The Kier molecular flexibility index (Phi) is 3.78. The number of aromatic nitrogens is 2. The lowest BCUT2D eigenvalue weighted by Crippen LogP contribution is -2.30. The summed E-state index contributed by atoms with van der Waals surface area (Å²) in [6.45, 7) is 2.15. The first kappa shape index (κ1) is 12.6. The van der Waals surface area contributed by atoms with Gasteiger partial charge >= 0.3 is 0 Å². The molecule has 2 heterocycles. The molecule has 0 saturated carbocycles. The number of piperidine rings is 1. The highest BCUT2D eigenvalue weighted by Gasteiger charge is 2.13. The minimum atomic E-state index is 0.861. The van der Waals surface area contributed by atoms with Crippen LogP contribution in [0.1, 0.15) is 19.3 Å². The first-order valence-electron chi connectivity index (χ1n) is 6.67. The second-order valence-electron chi connectivity index (χ2n) is 4.80. The average molecular weight is 318 g/mol. The van der Waals surface area contributed by atoms with Crippen molar-refractivity contribution in [2.75, 3.05) is 18.0 Å². The van der Waals surface area contributed by atoms with Crippen molar-refractivity contribution in [3.8, 4) is 11.3 Å². The van der Waals surface area contributed by atoms with Crippen LogP contribution in [0.2, 0.25) is 0 Å². The van der Waals surface area contributed by atoms with Crippen molar-refractivity contribution in [3.63, 3.8) is 0 Å². The van der Waals surface area contributed by atoms with Crippen LogP contribution in [0.25, 0.3) is 11.3 Å². The molecule has 1 saturated heterocycles. The molecule has 2 aromatic rings. The van der Waals surface area contributed by atoms with E-state index < -0.39 is 0 Å². The first-order chi connectivity index (χ1) is 9.33. The molecule has 0 radical (unpaired) electrons. The quantitative estimate of drug-likeness (QED) is 0.841. The summed E-state index contributed by atoms with van der Waals surface area (Å²) < 4.78 is 1.08. The Bertz CT molecular complexity index is 548. The molecule has 0 aliphatic carbocycles. The predicted molar refractivity (Wildman–Crippen MR) is 81.2 cm³/mol.